The Morgan fingerprint density at radius 1 is 1.44 bits per heavy atom. The molecule has 0 saturated heterocycles. The van der Waals surface area contributed by atoms with E-state index in [0.717, 1.165) is 0 Å². The minimum atomic E-state index is -0.423. The molecule has 100 valence electrons. The lowest BCUT2D eigenvalue weighted by Gasteiger charge is -2.14. The summed E-state index contributed by atoms with van der Waals surface area (Å²) in [5.74, 6) is 0.711. The molecule has 0 aliphatic carbocycles. The van der Waals surface area contributed by atoms with Crippen LogP contribution in [0.25, 0.3) is 0 Å². The first-order valence-corrected chi connectivity index (χ1v) is 6.75. The van der Waals surface area contributed by atoms with Crippen molar-refractivity contribution in [2.75, 3.05) is 11.9 Å². The zero-order chi connectivity index (χ0) is 13.7. The van der Waals surface area contributed by atoms with Crippen LogP contribution in [0.15, 0.2) is 11.4 Å². The summed E-state index contributed by atoms with van der Waals surface area (Å²) >= 11 is 1.41. The Bertz CT molecular complexity index is 426. The van der Waals surface area contributed by atoms with Crippen LogP contribution in [-0.4, -0.2) is 26.7 Å². The Labute approximate surface area is 111 Å². The number of thioether (sulfide) groups is 1. The Morgan fingerprint density at radius 2 is 2.11 bits per heavy atom. The van der Waals surface area contributed by atoms with Gasteiger partial charge in [-0.15, -0.1) is 0 Å². The predicted octanol–water partition coefficient (Wildman–Crippen LogP) is 2.95. The summed E-state index contributed by atoms with van der Waals surface area (Å²) in [7, 11) is 0. The SMILES string of the molecule is CCNc1ncnc(SC(C)C(C)C)c1[N+](=O)[O-]. The van der Waals surface area contributed by atoms with Crippen molar-refractivity contribution in [1.29, 1.82) is 0 Å². The van der Waals surface area contributed by atoms with Gasteiger partial charge in [0.1, 0.15) is 6.33 Å². The summed E-state index contributed by atoms with van der Waals surface area (Å²) in [6.45, 7) is 8.65. The van der Waals surface area contributed by atoms with Crippen LogP contribution >= 0.6 is 11.8 Å². The number of hydrogen-bond donors (Lipinski definition) is 1. The molecular weight excluding hydrogens is 252 g/mol. The van der Waals surface area contributed by atoms with Crippen molar-refractivity contribution in [3.63, 3.8) is 0 Å². The first-order chi connectivity index (χ1) is 8.47. The molecule has 1 atom stereocenters. The van der Waals surface area contributed by atoms with Gasteiger partial charge in [-0.1, -0.05) is 32.5 Å². The van der Waals surface area contributed by atoms with Crippen LogP contribution in [0.4, 0.5) is 11.5 Å². The molecule has 0 radical (unpaired) electrons. The van der Waals surface area contributed by atoms with E-state index < -0.39 is 4.92 Å². The average molecular weight is 270 g/mol. The summed E-state index contributed by atoms with van der Waals surface area (Å²) < 4.78 is 0. The lowest BCUT2D eigenvalue weighted by Crippen LogP contribution is -2.09. The number of rotatable bonds is 6. The smallest absolute Gasteiger partial charge is 0.343 e. The van der Waals surface area contributed by atoms with E-state index in [2.05, 4.69) is 29.1 Å². The van der Waals surface area contributed by atoms with Gasteiger partial charge in [0, 0.05) is 11.8 Å². The summed E-state index contributed by atoms with van der Waals surface area (Å²) in [6, 6.07) is 0. The number of anilines is 1. The van der Waals surface area contributed by atoms with Crippen LogP contribution in [0.3, 0.4) is 0 Å². The first kappa shape index (κ1) is 14.7. The monoisotopic (exact) mass is 270 g/mol. The van der Waals surface area contributed by atoms with E-state index in [0.29, 0.717) is 17.5 Å². The summed E-state index contributed by atoms with van der Waals surface area (Å²) in [5.41, 5.74) is -0.0307. The summed E-state index contributed by atoms with van der Waals surface area (Å²) in [4.78, 5) is 18.7. The van der Waals surface area contributed by atoms with Crippen molar-refractivity contribution >= 4 is 23.3 Å². The maximum absolute atomic E-state index is 11.1. The van der Waals surface area contributed by atoms with Crippen LogP contribution in [-0.2, 0) is 0 Å². The van der Waals surface area contributed by atoms with Crippen molar-refractivity contribution in [2.24, 2.45) is 5.92 Å². The van der Waals surface area contributed by atoms with Crippen LogP contribution in [0.5, 0.6) is 0 Å². The number of nitrogens with zero attached hydrogens (tertiary/aromatic N) is 3. The van der Waals surface area contributed by atoms with Crippen molar-refractivity contribution in [2.45, 2.75) is 38.0 Å². The quantitative estimate of drug-likeness (QED) is 0.370. The highest BCUT2D eigenvalue weighted by molar-refractivity contribution is 8.00. The largest absolute Gasteiger partial charge is 0.364 e. The van der Waals surface area contributed by atoms with E-state index in [4.69, 9.17) is 0 Å². The first-order valence-electron chi connectivity index (χ1n) is 5.87. The van der Waals surface area contributed by atoms with E-state index in [1.54, 1.807) is 0 Å². The van der Waals surface area contributed by atoms with E-state index in [-0.39, 0.29) is 16.8 Å². The van der Waals surface area contributed by atoms with Gasteiger partial charge in [-0.25, -0.2) is 9.97 Å². The molecule has 18 heavy (non-hydrogen) atoms. The third-order valence-electron chi connectivity index (χ3n) is 2.55. The second-order valence-corrected chi connectivity index (χ2v) is 5.60. The highest BCUT2D eigenvalue weighted by atomic mass is 32.2. The standard InChI is InChI=1S/C11H18N4O2S/c1-5-12-10-9(15(16)17)11(14-6-13-10)18-8(4)7(2)3/h6-8H,5H2,1-4H3,(H,12,13,14). The second-order valence-electron chi connectivity index (χ2n) is 4.23. The van der Waals surface area contributed by atoms with Gasteiger partial charge in [-0.3, -0.25) is 10.1 Å². The fourth-order valence-corrected chi connectivity index (χ4v) is 2.24. The van der Waals surface area contributed by atoms with Gasteiger partial charge in [0.2, 0.25) is 5.82 Å². The van der Waals surface area contributed by atoms with Crippen LogP contribution in [0.2, 0.25) is 0 Å². The average Bonchev–Trinajstić information content (AvgIpc) is 2.29. The van der Waals surface area contributed by atoms with Gasteiger partial charge in [-0.05, 0) is 12.8 Å². The highest BCUT2D eigenvalue weighted by Gasteiger charge is 2.24. The fraction of sp³-hybridized carbons (Fsp3) is 0.636. The van der Waals surface area contributed by atoms with E-state index in [1.807, 2.05) is 13.8 Å². The summed E-state index contributed by atoms with van der Waals surface area (Å²) in [5, 5.41) is 14.7. The number of aromatic nitrogens is 2. The maximum atomic E-state index is 11.1. The Kier molecular flexibility index (Phi) is 5.33. The summed E-state index contributed by atoms with van der Waals surface area (Å²) in [6.07, 6.45) is 1.36. The number of nitro groups is 1. The van der Waals surface area contributed by atoms with Crippen LogP contribution in [0, 0.1) is 16.0 Å². The Balaban J connectivity index is 3.10. The van der Waals surface area contributed by atoms with Gasteiger partial charge in [-0.2, -0.15) is 0 Å². The molecule has 0 aliphatic rings. The maximum Gasteiger partial charge on any atom is 0.343 e. The molecule has 0 aliphatic heterocycles. The molecule has 1 aromatic heterocycles. The molecular formula is C11H18N4O2S. The molecule has 6 nitrogen and oxygen atoms in total. The third kappa shape index (κ3) is 3.56. The molecule has 0 amide bonds. The molecule has 1 aromatic rings. The minimum absolute atomic E-state index is 0.0307. The number of hydrogen-bond acceptors (Lipinski definition) is 6. The van der Waals surface area contributed by atoms with Crippen molar-refractivity contribution in [1.82, 2.24) is 9.97 Å². The Hall–Kier alpha value is -1.37. The van der Waals surface area contributed by atoms with E-state index in [1.165, 1.54) is 18.1 Å². The van der Waals surface area contributed by atoms with E-state index >= 15 is 0 Å². The van der Waals surface area contributed by atoms with Crippen molar-refractivity contribution in [3.05, 3.63) is 16.4 Å². The van der Waals surface area contributed by atoms with Gasteiger partial charge in [0.25, 0.3) is 0 Å². The lowest BCUT2D eigenvalue weighted by atomic mass is 10.2. The molecule has 0 spiro atoms. The zero-order valence-corrected chi connectivity index (χ0v) is 11.8. The number of nitrogens with one attached hydrogen (secondary N) is 1. The lowest BCUT2D eigenvalue weighted by molar-refractivity contribution is -0.387. The fourth-order valence-electron chi connectivity index (χ4n) is 1.22. The highest BCUT2D eigenvalue weighted by Crippen LogP contribution is 2.36. The Morgan fingerprint density at radius 3 is 2.61 bits per heavy atom. The molecule has 0 aromatic carbocycles. The molecule has 1 unspecified atom stereocenters. The second kappa shape index (κ2) is 6.53. The van der Waals surface area contributed by atoms with E-state index in [9.17, 15) is 10.1 Å². The molecule has 1 N–H and O–H groups in total. The third-order valence-corrected chi connectivity index (χ3v) is 3.99. The van der Waals surface area contributed by atoms with Crippen LogP contribution in [0.1, 0.15) is 27.7 Å². The van der Waals surface area contributed by atoms with Crippen LogP contribution < -0.4 is 5.32 Å². The molecule has 0 bridgehead atoms. The molecule has 7 heteroatoms. The van der Waals surface area contributed by atoms with Gasteiger partial charge >= 0.3 is 5.69 Å². The van der Waals surface area contributed by atoms with Gasteiger partial charge in [0.15, 0.2) is 5.03 Å². The molecule has 0 saturated carbocycles. The van der Waals surface area contributed by atoms with Crippen molar-refractivity contribution < 1.29 is 4.92 Å². The predicted molar refractivity (Wildman–Crippen MR) is 73.0 cm³/mol. The topological polar surface area (TPSA) is 81.0 Å². The molecule has 0 fully saturated rings. The van der Waals surface area contributed by atoms with Crippen molar-refractivity contribution in [3.8, 4) is 0 Å². The zero-order valence-electron chi connectivity index (χ0n) is 11.0. The minimum Gasteiger partial charge on any atom is -0.364 e. The molecule has 1 rings (SSSR count). The normalized spacial score (nSPS) is 12.5. The van der Waals surface area contributed by atoms with Gasteiger partial charge < -0.3 is 5.32 Å². The van der Waals surface area contributed by atoms with Gasteiger partial charge in [0.05, 0.1) is 4.92 Å². The molecule has 1 heterocycles.